The van der Waals surface area contributed by atoms with Crippen molar-refractivity contribution in [1.82, 2.24) is 5.32 Å². The lowest BCUT2D eigenvalue weighted by Gasteiger charge is -2.21. The molecule has 0 saturated carbocycles. The summed E-state index contributed by atoms with van der Waals surface area (Å²) in [6.45, 7) is 5.84. The summed E-state index contributed by atoms with van der Waals surface area (Å²) < 4.78 is 0. The van der Waals surface area contributed by atoms with Crippen LogP contribution in [0.2, 0.25) is 5.02 Å². The molecule has 0 heterocycles. The first-order valence-corrected chi connectivity index (χ1v) is 7.73. The molecule has 3 nitrogen and oxygen atoms in total. The number of halogens is 1. The number of anilines is 1. The number of carbonyl (C=O) groups is 1. The molecule has 0 radical (unpaired) electrons. The Kier molecular flexibility index (Phi) is 5.58. The number of benzene rings is 2. The zero-order chi connectivity index (χ0) is 16.1. The van der Waals surface area contributed by atoms with Crippen molar-refractivity contribution in [3.8, 4) is 0 Å². The van der Waals surface area contributed by atoms with Gasteiger partial charge in [-0.3, -0.25) is 10.1 Å². The van der Waals surface area contributed by atoms with Gasteiger partial charge in [0, 0.05) is 16.8 Å². The van der Waals surface area contributed by atoms with E-state index < -0.39 is 0 Å². The summed E-state index contributed by atoms with van der Waals surface area (Å²) in [5.41, 5.74) is 2.91. The fourth-order valence-electron chi connectivity index (χ4n) is 2.34. The number of aryl methyl sites for hydroxylation is 1. The van der Waals surface area contributed by atoms with Gasteiger partial charge in [-0.05, 0) is 50.1 Å². The largest absolute Gasteiger partial charge is 0.325 e. The Morgan fingerprint density at radius 2 is 1.82 bits per heavy atom. The highest BCUT2D eigenvalue weighted by Gasteiger charge is 2.17. The van der Waals surface area contributed by atoms with Gasteiger partial charge in [0.1, 0.15) is 0 Å². The van der Waals surface area contributed by atoms with Gasteiger partial charge in [0.05, 0.1) is 6.04 Å². The van der Waals surface area contributed by atoms with Gasteiger partial charge in [0.2, 0.25) is 5.91 Å². The molecule has 0 aliphatic heterocycles. The monoisotopic (exact) mass is 316 g/mol. The molecule has 2 rings (SSSR count). The number of hydrogen-bond donors (Lipinski definition) is 2. The van der Waals surface area contributed by atoms with Gasteiger partial charge in [0.25, 0.3) is 0 Å². The highest BCUT2D eigenvalue weighted by molar-refractivity contribution is 6.31. The van der Waals surface area contributed by atoms with Gasteiger partial charge in [0.15, 0.2) is 0 Å². The van der Waals surface area contributed by atoms with Crippen LogP contribution >= 0.6 is 11.6 Å². The van der Waals surface area contributed by atoms with E-state index in [1.54, 1.807) is 0 Å². The quantitative estimate of drug-likeness (QED) is 0.862. The SMILES string of the molecule is Cc1cccc(NC(=O)[C@@H](C)N[C@H](C)c2ccccc2Cl)c1. The van der Waals surface area contributed by atoms with E-state index in [4.69, 9.17) is 11.6 Å². The minimum absolute atomic E-state index is 0.00744. The predicted octanol–water partition coefficient (Wildman–Crippen LogP) is 4.33. The number of hydrogen-bond acceptors (Lipinski definition) is 2. The van der Waals surface area contributed by atoms with Gasteiger partial charge in [-0.2, -0.15) is 0 Å². The van der Waals surface area contributed by atoms with E-state index in [9.17, 15) is 4.79 Å². The molecule has 1 amide bonds. The average Bonchev–Trinajstić information content (AvgIpc) is 2.47. The third-order valence-corrected chi connectivity index (χ3v) is 3.89. The Balaban J connectivity index is 1.98. The molecule has 2 aromatic rings. The van der Waals surface area contributed by atoms with Gasteiger partial charge in [-0.1, -0.05) is 41.9 Å². The fourth-order valence-corrected chi connectivity index (χ4v) is 2.64. The van der Waals surface area contributed by atoms with Gasteiger partial charge in [-0.25, -0.2) is 0 Å². The molecule has 4 heteroatoms. The van der Waals surface area contributed by atoms with E-state index >= 15 is 0 Å². The molecule has 0 aromatic heterocycles. The van der Waals surface area contributed by atoms with Crippen molar-refractivity contribution < 1.29 is 4.79 Å². The van der Waals surface area contributed by atoms with Gasteiger partial charge in [-0.15, -0.1) is 0 Å². The van der Waals surface area contributed by atoms with E-state index in [2.05, 4.69) is 10.6 Å². The normalized spacial score (nSPS) is 13.5. The summed E-state index contributed by atoms with van der Waals surface area (Å²) in [6, 6.07) is 15.1. The molecule has 0 aliphatic rings. The van der Waals surface area contributed by atoms with Crippen molar-refractivity contribution in [3.05, 3.63) is 64.7 Å². The lowest BCUT2D eigenvalue weighted by Crippen LogP contribution is -2.39. The number of nitrogens with one attached hydrogen (secondary N) is 2. The maximum absolute atomic E-state index is 12.3. The smallest absolute Gasteiger partial charge is 0.241 e. The van der Waals surface area contributed by atoms with Crippen LogP contribution in [0, 0.1) is 6.92 Å². The van der Waals surface area contributed by atoms with Crippen LogP contribution in [0.1, 0.15) is 31.0 Å². The number of rotatable bonds is 5. The van der Waals surface area contributed by atoms with Crippen molar-refractivity contribution in [2.45, 2.75) is 32.9 Å². The van der Waals surface area contributed by atoms with Gasteiger partial charge >= 0.3 is 0 Å². The van der Waals surface area contributed by atoms with Crippen LogP contribution in [0.3, 0.4) is 0 Å². The Morgan fingerprint density at radius 1 is 1.09 bits per heavy atom. The molecular weight excluding hydrogens is 296 g/mol. The Morgan fingerprint density at radius 3 is 2.50 bits per heavy atom. The van der Waals surface area contributed by atoms with Crippen molar-refractivity contribution in [2.75, 3.05) is 5.32 Å². The second-order valence-electron chi connectivity index (χ2n) is 5.49. The van der Waals surface area contributed by atoms with Crippen LogP contribution in [0.4, 0.5) is 5.69 Å². The second kappa shape index (κ2) is 7.43. The molecule has 2 aromatic carbocycles. The first-order chi connectivity index (χ1) is 10.5. The summed E-state index contributed by atoms with van der Waals surface area (Å²) >= 11 is 6.19. The first-order valence-electron chi connectivity index (χ1n) is 7.35. The molecule has 0 aliphatic carbocycles. The predicted molar refractivity (Wildman–Crippen MR) is 92.3 cm³/mol. The first kappa shape index (κ1) is 16.5. The minimum Gasteiger partial charge on any atom is -0.325 e. The van der Waals surface area contributed by atoms with Crippen LogP contribution < -0.4 is 10.6 Å². The van der Waals surface area contributed by atoms with E-state index in [0.717, 1.165) is 16.8 Å². The van der Waals surface area contributed by atoms with Crippen LogP contribution in [0.25, 0.3) is 0 Å². The van der Waals surface area contributed by atoms with Crippen molar-refractivity contribution >= 4 is 23.2 Å². The summed E-state index contributed by atoms with van der Waals surface area (Å²) in [4.78, 5) is 12.3. The summed E-state index contributed by atoms with van der Waals surface area (Å²) in [7, 11) is 0. The molecule has 22 heavy (non-hydrogen) atoms. The molecule has 2 N–H and O–H groups in total. The Labute approximate surface area is 136 Å². The van der Waals surface area contributed by atoms with Crippen molar-refractivity contribution in [2.24, 2.45) is 0 Å². The summed E-state index contributed by atoms with van der Waals surface area (Å²) in [5.74, 6) is -0.0653. The van der Waals surface area contributed by atoms with E-state index in [0.29, 0.717) is 5.02 Å². The van der Waals surface area contributed by atoms with Crippen molar-refractivity contribution in [3.63, 3.8) is 0 Å². The third kappa shape index (κ3) is 4.33. The molecule has 0 saturated heterocycles. The zero-order valence-corrected chi connectivity index (χ0v) is 13.8. The minimum atomic E-state index is -0.327. The Hall–Kier alpha value is -1.84. The molecule has 0 spiro atoms. The van der Waals surface area contributed by atoms with Crippen LogP contribution in [0.15, 0.2) is 48.5 Å². The summed E-state index contributed by atoms with van der Waals surface area (Å²) in [5, 5.41) is 6.90. The highest BCUT2D eigenvalue weighted by atomic mass is 35.5. The molecular formula is C18H21ClN2O. The summed E-state index contributed by atoms with van der Waals surface area (Å²) in [6.07, 6.45) is 0. The second-order valence-corrected chi connectivity index (χ2v) is 5.90. The maximum atomic E-state index is 12.3. The molecule has 0 bridgehead atoms. The lowest BCUT2D eigenvalue weighted by atomic mass is 10.1. The highest BCUT2D eigenvalue weighted by Crippen LogP contribution is 2.22. The van der Waals surface area contributed by atoms with Crippen LogP contribution in [-0.4, -0.2) is 11.9 Å². The zero-order valence-electron chi connectivity index (χ0n) is 13.1. The molecule has 0 unspecified atom stereocenters. The van der Waals surface area contributed by atoms with Crippen molar-refractivity contribution in [1.29, 1.82) is 0 Å². The van der Waals surface area contributed by atoms with E-state index in [-0.39, 0.29) is 18.0 Å². The van der Waals surface area contributed by atoms with E-state index in [1.807, 2.05) is 69.3 Å². The third-order valence-electron chi connectivity index (χ3n) is 3.55. The number of amides is 1. The lowest BCUT2D eigenvalue weighted by molar-refractivity contribution is -0.117. The average molecular weight is 317 g/mol. The van der Waals surface area contributed by atoms with Crippen LogP contribution in [0.5, 0.6) is 0 Å². The Bertz CT molecular complexity index is 657. The number of carbonyl (C=O) groups excluding carboxylic acids is 1. The molecule has 116 valence electrons. The van der Waals surface area contributed by atoms with Crippen LogP contribution in [-0.2, 0) is 4.79 Å². The maximum Gasteiger partial charge on any atom is 0.241 e. The standard InChI is InChI=1S/C18H21ClN2O/c1-12-7-6-8-15(11-12)21-18(22)14(3)20-13(2)16-9-4-5-10-17(16)19/h4-11,13-14,20H,1-3H3,(H,21,22)/t13-,14-/m1/s1. The topological polar surface area (TPSA) is 41.1 Å². The van der Waals surface area contributed by atoms with Gasteiger partial charge < -0.3 is 5.32 Å². The van der Waals surface area contributed by atoms with E-state index in [1.165, 1.54) is 0 Å². The molecule has 2 atom stereocenters. The molecule has 0 fully saturated rings. The fraction of sp³-hybridized carbons (Fsp3) is 0.278.